The number of rotatable bonds is 2. The number of carbonyl (C=O) groups excluding carboxylic acids is 1. The lowest BCUT2D eigenvalue weighted by molar-refractivity contribution is -0.127. The quantitative estimate of drug-likeness (QED) is 0.735. The fourth-order valence-corrected chi connectivity index (χ4v) is 1.72. The Morgan fingerprint density at radius 3 is 3.00 bits per heavy atom. The highest BCUT2D eigenvalue weighted by Crippen LogP contribution is 2.17. The zero-order valence-electron chi connectivity index (χ0n) is 9.40. The standard InChI is InChI=1S/C10H15N5O/c1-6-5-12-10(11)14-8(6)13-7-3-4-15(2)9(7)16/h5,7H,3-4H2,1-2H3,(H3,11,12,13,14). The maximum atomic E-state index is 11.7. The molecule has 1 aliphatic rings. The van der Waals surface area contributed by atoms with E-state index >= 15 is 0 Å². The lowest BCUT2D eigenvalue weighted by Gasteiger charge is -2.14. The number of hydrogen-bond donors (Lipinski definition) is 2. The fraction of sp³-hybridized carbons (Fsp3) is 0.500. The monoisotopic (exact) mass is 221 g/mol. The summed E-state index contributed by atoms with van der Waals surface area (Å²) in [6, 6.07) is -0.196. The summed E-state index contributed by atoms with van der Waals surface area (Å²) in [5.74, 6) is 0.949. The minimum Gasteiger partial charge on any atom is -0.368 e. The van der Waals surface area contributed by atoms with Gasteiger partial charge in [0.2, 0.25) is 11.9 Å². The van der Waals surface area contributed by atoms with E-state index in [9.17, 15) is 4.79 Å². The van der Waals surface area contributed by atoms with Gasteiger partial charge in [0.1, 0.15) is 11.9 Å². The molecule has 0 bridgehead atoms. The van der Waals surface area contributed by atoms with E-state index < -0.39 is 0 Å². The minimum absolute atomic E-state index is 0.0941. The molecule has 1 aromatic heterocycles. The lowest BCUT2D eigenvalue weighted by Crippen LogP contribution is -2.31. The van der Waals surface area contributed by atoms with Crippen LogP contribution in [0, 0.1) is 6.92 Å². The summed E-state index contributed by atoms with van der Waals surface area (Å²) in [4.78, 5) is 21.4. The van der Waals surface area contributed by atoms with E-state index in [1.165, 1.54) is 0 Å². The normalized spacial score (nSPS) is 20.2. The van der Waals surface area contributed by atoms with Gasteiger partial charge in [-0.1, -0.05) is 0 Å². The summed E-state index contributed by atoms with van der Waals surface area (Å²) in [5, 5.41) is 3.11. The van der Waals surface area contributed by atoms with Crippen molar-refractivity contribution in [2.24, 2.45) is 0 Å². The summed E-state index contributed by atoms with van der Waals surface area (Å²) >= 11 is 0. The van der Waals surface area contributed by atoms with Crippen LogP contribution in [0.25, 0.3) is 0 Å². The Hall–Kier alpha value is -1.85. The molecule has 16 heavy (non-hydrogen) atoms. The molecule has 2 heterocycles. The molecule has 1 aliphatic heterocycles. The zero-order chi connectivity index (χ0) is 11.7. The van der Waals surface area contributed by atoms with Crippen LogP contribution < -0.4 is 11.1 Å². The highest BCUT2D eigenvalue weighted by Gasteiger charge is 2.29. The average molecular weight is 221 g/mol. The van der Waals surface area contributed by atoms with Gasteiger partial charge in [-0.05, 0) is 13.3 Å². The van der Waals surface area contributed by atoms with Crippen LogP contribution in [0.1, 0.15) is 12.0 Å². The van der Waals surface area contributed by atoms with Crippen molar-refractivity contribution in [2.75, 3.05) is 24.6 Å². The predicted octanol–water partition coefficient (Wildman–Crippen LogP) is 0.00982. The first-order chi connectivity index (χ1) is 7.58. The summed E-state index contributed by atoms with van der Waals surface area (Å²) in [6.07, 6.45) is 2.44. The maximum absolute atomic E-state index is 11.7. The molecule has 0 saturated carbocycles. The van der Waals surface area contributed by atoms with Crippen LogP contribution in [0.4, 0.5) is 11.8 Å². The molecule has 0 radical (unpaired) electrons. The number of nitrogens with two attached hydrogens (primary N) is 1. The van der Waals surface area contributed by atoms with Gasteiger partial charge >= 0.3 is 0 Å². The van der Waals surface area contributed by atoms with Gasteiger partial charge in [0.15, 0.2) is 0 Å². The minimum atomic E-state index is -0.196. The highest BCUT2D eigenvalue weighted by atomic mass is 16.2. The molecule has 6 heteroatoms. The topological polar surface area (TPSA) is 84.1 Å². The van der Waals surface area contributed by atoms with E-state index in [4.69, 9.17) is 5.73 Å². The van der Waals surface area contributed by atoms with Crippen molar-refractivity contribution in [3.63, 3.8) is 0 Å². The molecular weight excluding hydrogens is 206 g/mol. The molecule has 3 N–H and O–H groups in total. The number of likely N-dealkylation sites (N-methyl/N-ethyl adjacent to an activating group) is 1. The van der Waals surface area contributed by atoms with Crippen LogP contribution in [0.3, 0.4) is 0 Å². The van der Waals surface area contributed by atoms with E-state index in [1.807, 2.05) is 6.92 Å². The second-order valence-electron chi connectivity index (χ2n) is 4.01. The molecule has 1 unspecified atom stereocenters. The van der Waals surface area contributed by atoms with Crippen molar-refractivity contribution >= 4 is 17.7 Å². The highest BCUT2D eigenvalue weighted by molar-refractivity contribution is 5.86. The molecule has 6 nitrogen and oxygen atoms in total. The molecule has 86 valence electrons. The number of nitrogens with zero attached hydrogens (tertiary/aromatic N) is 3. The summed E-state index contributed by atoms with van der Waals surface area (Å²) in [7, 11) is 1.80. The summed E-state index contributed by atoms with van der Waals surface area (Å²) in [5.41, 5.74) is 6.39. The molecule has 0 aliphatic carbocycles. The second-order valence-corrected chi connectivity index (χ2v) is 4.01. The molecule has 1 aromatic rings. The molecular formula is C10H15N5O. The Labute approximate surface area is 93.9 Å². The molecule has 1 atom stereocenters. The smallest absolute Gasteiger partial charge is 0.244 e. The Bertz CT molecular complexity index is 420. The van der Waals surface area contributed by atoms with Crippen molar-refractivity contribution in [3.05, 3.63) is 11.8 Å². The van der Waals surface area contributed by atoms with Gasteiger partial charge in [0.05, 0.1) is 0 Å². The van der Waals surface area contributed by atoms with E-state index in [1.54, 1.807) is 18.1 Å². The number of hydrogen-bond acceptors (Lipinski definition) is 5. The summed E-state index contributed by atoms with van der Waals surface area (Å²) < 4.78 is 0. The number of nitrogens with one attached hydrogen (secondary N) is 1. The predicted molar refractivity (Wildman–Crippen MR) is 60.8 cm³/mol. The van der Waals surface area contributed by atoms with E-state index in [0.29, 0.717) is 5.82 Å². The first-order valence-corrected chi connectivity index (χ1v) is 5.18. The number of likely N-dealkylation sites (tertiary alicyclic amines) is 1. The Kier molecular flexibility index (Phi) is 2.64. The largest absolute Gasteiger partial charge is 0.368 e. The third-order valence-corrected chi connectivity index (χ3v) is 2.73. The number of carbonyl (C=O) groups is 1. The van der Waals surface area contributed by atoms with Gasteiger partial charge < -0.3 is 16.0 Å². The number of aryl methyl sites for hydroxylation is 1. The molecule has 1 amide bonds. The number of amides is 1. The molecule has 1 saturated heterocycles. The van der Waals surface area contributed by atoms with Crippen molar-refractivity contribution in [1.29, 1.82) is 0 Å². The van der Waals surface area contributed by atoms with Crippen LogP contribution in [-0.4, -0.2) is 40.4 Å². The molecule has 0 aromatic carbocycles. The number of anilines is 2. The van der Waals surface area contributed by atoms with E-state index in [2.05, 4.69) is 15.3 Å². The SMILES string of the molecule is Cc1cnc(N)nc1NC1CCN(C)C1=O. The van der Waals surface area contributed by atoms with Gasteiger partial charge in [-0.15, -0.1) is 0 Å². The van der Waals surface area contributed by atoms with Gasteiger partial charge in [-0.3, -0.25) is 4.79 Å². The number of nitrogen functional groups attached to an aromatic ring is 1. The van der Waals surface area contributed by atoms with Crippen molar-refractivity contribution in [1.82, 2.24) is 14.9 Å². The average Bonchev–Trinajstić information content (AvgIpc) is 2.55. The fourth-order valence-electron chi connectivity index (χ4n) is 1.72. The Balaban J connectivity index is 2.15. The van der Waals surface area contributed by atoms with Crippen molar-refractivity contribution in [2.45, 2.75) is 19.4 Å². The first kappa shape index (κ1) is 10.7. The summed E-state index contributed by atoms with van der Waals surface area (Å²) in [6.45, 7) is 2.65. The van der Waals surface area contributed by atoms with E-state index in [0.717, 1.165) is 18.5 Å². The third-order valence-electron chi connectivity index (χ3n) is 2.73. The van der Waals surface area contributed by atoms with Gasteiger partial charge in [-0.2, -0.15) is 4.98 Å². The zero-order valence-corrected chi connectivity index (χ0v) is 9.40. The second kappa shape index (κ2) is 3.96. The van der Waals surface area contributed by atoms with E-state index in [-0.39, 0.29) is 17.9 Å². The van der Waals surface area contributed by atoms with Crippen molar-refractivity contribution in [3.8, 4) is 0 Å². The number of aromatic nitrogens is 2. The molecule has 2 rings (SSSR count). The van der Waals surface area contributed by atoms with Crippen LogP contribution >= 0.6 is 0 Å². The van der Waals surface area contributed by atoms with Crippen LogP contribution in [0.2, 0.25) is 0 Å². The maximum Gasteiger partial charge on any atom is 0.244 e. The Morgan fingerprint density at radius 1 is 1.62 bits per heavy atom. The van der Waals surface area contributed by atoms with Crippen LogP contribution in [0.15, 0.2) is 6.20 Å². The van der Waals surface area contributed by atoms with Gasteiger partial charge in [0.25, 0.3) is 0 Å². The van der Waals surface area contributed by atoms with Crippen LogP contribution in [-0.2, 0) is 4.79 Å². The first-order valence-electron chi connectivity index (χ1n) is 5.18. The molecule has 1 fully saturated rings. The van der Waals surface area contributed by atoms with Gasteiger partial charge in [0, 0.05) is 25.4 Å². The third kappa shape index (κ3) is 1.91. The van der Waals surface area contributed by atoms with Gasteiger partial charge in [-0.25, -0.2) is 4.98 Å². The lowest BCUT2D eigenvalue weighted by atomic mass is 10.2. The van der Waals surface area contributed by atoms with Crippen LogP contribution in [0.5, 0.6) is 0 Å². The van der Waals surface area contributed by atoms with Crippen molar-refractivity contribution < 1.29 is 4.79 Å². The molecule has 0 spiro atoms. The Morgan fingerprint density at radius 2 is 2.38 bits per heavy atom.